The molecular formula is C12H13NO5. The third-order valence-electron chi connectivity index (χ3n) is 2.95. The van der Waals surface area contributed by atoms with Gasteiger partial charge in [-0.05, 0) is 12.1 Å². The van der Waals surface area contributed by atoms with Crippen molar-refractivity contribution in [3.05, 3.63) is 18.2 Å². The largest absolute Gasteiger partial charge is 0.504 e. The van der Waals surface area contributed by atoms with Crippen LogP contribution in [-0.4, -0.2) is 35.7 Å². The number of carboxylic acids is 1. The average Bonchev–Trinajstić information content (AvgIpc) is 2.71. The SMILES string of the molecule is COc1ccc(N2C[C@@H](C(=O)O)CC2=O)cc1O. The van der Waals surface area contributed by atoms with Gasteiger partial charge in [-0.2, -0.15) is 0 Å². The van der Waals surface area contributed by atoms with Gasteiger partial charge >= 0.3 is 5.97 Å². The molecule has 0 aliphatic carbocycles. The molecule has 0 aromatic heterocycles. The molecule has 1 amide bonds. The minimum atomic E-state index is -0.983. The molecule has 1 saturated heterocycles. The first kappa shape index (κ1) is 12.2. The van der Waals surface area contributed by atoms with Crippen LogP contribution in [0.15, 0.2) is 18.2 Å². The molecule has 0 radical (unpaired) electrons. The first-order valence-electron chi connectivity index (χ1n) is 5.43. The highest BCUT2D eigenvalue weighted by Gasteiger charge is 2.35. The highest BCUT2D eigenvalue weighted by atomic mass is 16.5. The Kier molecular flexibility index (Phi) is 3.10. The maximum absolute atomic E-state index is 11.7. The zero-order chi connectivity index (χ0) is 13.3. The van der Waals surface area contributed by atoms with Crippen molar-refractivity contribution >= 4 is 17.6 Å². The quantitative estimate of drug-likeness (QED) is 0.831. The zero-order valence-electron chi connectivity index (χ0n) is 9.79. The smallest absolute Gasteiger partial charge is 0.308 e. The molecule has 6 nitrogen and oxygen atoms in total. The third-order valence-corrected chi connectivity index (χ3v) is 2.95. The molecule has 0 saturated carbocycles. The molecule has 0 unspecified atom stereocenters. The van der Waals surface area contributed by atoms with E-state index >= 15 is 0 Å². The van der Waals surface area contributed by atoms with Crippen LogP contribution in [0.1, 0.15) is 6.42 Å². The lowest BCUT2D eigenvalue weighted by molar-refractivity contribution is -0.141. The highest BCUT2D eigenvalue weighted by Crippen LogP contribution is 2.33. The number of ether oxygens (including phenoxy) is 1. The number of phenols is 1. The summed E-state index contributed by atoms with van der Waals surface area (Å²) in [6.07, 6.45) is -0.0118. The predicted octanol–water partition coefficient (Wildman–Crippen LogP) is 0.838. The molecule has 1 aromatic carbocycles. The number of amides is 1. The van der Waals surface area contributed by atoms with Crippen molar-refractivity contribution in [3.8, 4) is 11.5 Å². The monoisotopic (exact) mass is 251 g/mol. The number of carboxylic acid groups (broad SMARTS) is 1. The second-order valence-corrected chi connectivity index (χ2v) is 4.10. The van der Waals surface area contributed by atoms with Gasteiger partial charge in [0.05, 0.1) is 13.0 Å². The molecule has 1 aliphatic heterocycles. The number of aliphatic carboxylic acids is 1. The molecule has 2 N–H and O–H groups in total. The van der Waals surface area contributed by atoms with E-state index in [2.05, 4.69) is 0 Å². The molecule has 18 heavy (non-hydrogen) atoms. The van der Waals surface area contributed by atoms with E-state index in [1.54, 1.807) is 6.07 Å². The van der Waals surface area contributed by atoms with Gasteiger partial charge in [0.25, 0.3) is 0 Å². The maximum Gasteiger partial charge on any atom is 0.308 e. The molecule has 0 bridgehead atoms. The number of carbonyl (C=O) groups is 2. The van der Waals surface area contributed by atoms with Crippen molar-refractivity contribution in [1.82, 2.24) is 0 Å². The summed E-state index contributed by atoms with van der Waals surface area (Å²) in [4.78, 5) is 23.9. The van der Waals surface area contributed by atoms with Crippen LogP contribution >= 0.6 is 0 Å². The average molecular weight is 251 g/mol. The van der Waals surface area contributed by atoms with E-state index in [1.165, 1.54) is 24.1 Å². The minimum absolute atomic E-state index is 0.0118. The summed E-state index contributed by atoms with van der Waals surface area (Å²) < 4.78 is 4.90. The van der Waals surface area contributed by atoms with Crippen molar-refractivity contribution in [3.63, 3.8) is 0 Å². The number of methoxy groups -OCH3 is 1. The van der Waals surface area contributed by atoms with E-state index in [0.29, 0.717) is 11.4 Å². The number of benzene rings is 1. The molecule has 1 aliphatic rings. The highest BCUT2D eigenvalue weighted by molar-refractivity contribution is 5.99. The van der Waals surface area contributed by atoms with Crippen molar-refractivity contribution < 1.29 is 24.5 Å². The molecule has 1 fully saturated rings. The normalized spacial score (nSPS) is 19.1. The van der Waals surface area contributed by atoms with Gasteiger partial charge in [-0.1, -0.05) is 0 Å². The van der Waals surface area contributed by atoms with Crippen LogP contribution in [0.2, 0.25) is 0 Å². The predicted molar refractivity (Wildman–Crippen MR) is 62.8 cm³/mol. The number of hydrogen-bond donors (Lipinski definition) is 2. The van der Waals surface area contributed by atoms with Crippen LogP contribution in [0, 0.1) is 5.92 Å². The lowest BCUT2D eigenvalue weighted by Crippen LogP contribution is -2.25. The second-order valence-electron chi connectivity index (χ2n) is 4.10. The van der Waals surface area contributed by atoms with Crippen molar-refractivity contribution in [2.24, 2.45) is 5.92 Å². The Labute approximate surface area is 103 Å². The molecule has 2 rings (SSSR count). The fourth-order valence-corrected chi connectivity index (χ4v) is 1.97. The lowest BCUT2D eigenvalue weighted by Gasteiger charge is -2.17. The molecular weight excluding hydrogens is 238 g/mol. The molecule has 96 valence electrons. The summed E-state index contributed by atoms with van der Waals surface area (Å²) in [5, 5.41) is 18.5. The van der Waals surface area contributed by atoms with Gasteiger partial charge in [-0.3, -0.25) is 9.59 Å². The van der Waals surface area contributed by atoms with Gasteiger partial charge in [0, 0.05) is 24.7 Å². The van der Waals surface area contributed by atoms with Crippen LogP contribution in [0.25, 0.3) is 0 Å². The fraction of sp³-hybridized carbons (Fsp3) is 0.333. The first-order chi connectivity index (χ1) is 8.52. The van der Waals surface area contributed by atoms with Gasteiger partial charge in [-0.25, -0.2) is 0 Å². The summed E-state index contributed by atoms with van der Waals surface area (Å²) in [6, 6.07) is 4.54. The van der Waals surface area contributed by atoms with Gasteiger partial charge < -0.3 is 19.8 Å². The van der Waals surface area contributed by atoms with Gasteiger partial charge in [0.2, 0.25) is 5.91 Å². The van der Waals surface area contributed by atoms with E-state index in [-0.39, 0.29) is 24.6 Å². The van der Waals surface area contributed by atoms with E-state index in [4.69, 9.17) is 9.84 Å². The molecule has 1 heterocycles. The summed E-state index contributed by atoms with van der Waals surface area (Å²) in [6.45, 7) is 0.125. The Morgan fingerprint density at radius 1 is 1.50 bits per heavy atom. The Balaban J connectivity index is 2.24. The van der Waals surface area contributed by atoms with Crippen LogP contribution in [0.3, 0.4) is 0 Å². The topological polar surface area (TPSA) is 87.1 Å². The fourth-order valence-electron chi connectivity index (χ4n) is 1.97. The first-order valence-corrected chi connectivity index (χ1v) is 5.43. The standard InChI is InChI=1S/C12H13NO5/c1-18-10-3-2-8(5-9(10)14)13-6-7(12(16)17)4-11(13)15/h2-3,5,7,14H,4,6H2,1H3,(H,16,17)/t7-/m0/s1. The zero-order valence-corrected chi connectivity index (χ0v) is 9.79. The van der Waals surface area contributed by atoms with E-state index in [9.17, 15) is 14.7 Å². The minimum Gasteiger partial charge on any atom is -0.504 e. The number of carbonyl (C=O) groups excluding carboxylic acids is 1. The van der Waals surface area contributed by atoms with Crippen molar-refractivity contribution in [1.29, 1.82) is 0 Å². The third kappa shape index (κ3) is 2.09. The van der Waals surface area contributed by atoms with E-state index in [1.807, 2.05) is 0 Å². The number of anilines is 1. The van der Waals surface area contributed by atoms with Crippen LogP contribution in [-0.2, 0) is 9.59 Å². The van der Waals surface area contributed by atoms with E-state index in [0.717, 1.165) is 0 Å². The van der Waals surface area contributed by atoms with Crippen molar-refractivity contribution in [2.45, 2.75) is 6.42 Å². The summed E-state index contributed by atoms with van der Waals surface area (Å²) in [5.74, 6) is -1.71. The van der Waals surface area contributed by atoms with Crippen LogP contribution < -0.4 is 9.64 Å². The van der Waals surface area contributed by atoms with Gasteiger partial charge in [0.1, 0.15) is 0 Å². The summed E-state index contributed by atoms with van der Waals surface area (Å²) in [5.41, 5.74) is 0.474. The van der Waals surface area contributed by atoms with Crippen LogP contribution in [0.4, 0.5) is 5.69 Å². The molecule has 1 atom stereocenters. The molecule has 0 spiro atoms. The molecule has 1 aromatic rings. The lowest BCUT2D eigenvalue weighted by atomic mass is 10.1. The Morgan fingerprint density at radius 3 is 2.72 bits per heavy atom. The van der Waals surface area contributed by atoms with E-state index < -0.39 is 11.9 Å². The Hall–Kier alpha value is -2.24. The van der Waals surface area contributed by atoms with Gasteiger partial charge in [-0.15, -0.1) is 0 Å². The maximum atomic E-state index is 11.7. The Bertz CT molecular complexity index is 499. The number of aromatic hydroxyl groups is 1. The number of rotatable bonds is 3. The van der Waals surface area contributed by atoms with Crippen LogP contribution in [0.5, 0.6) is 11.5 Å². The summed E-state index contributed by atoms with van der Waals surface area (Å²) >= 11 is 0. The summed E-state index contributed by atoms with van der Waals surface area (Å²) in [7, 11) is 1.43. The second kappa shape index (κ2) is 4.56. The molecule has 6 heteroatoms. The number of hydrogen-bond acceptors (Lipinski definition) is 4. The van der Waals surface area contributed by atoms with Gasteiger partial charge in [0.15, 0.2) is 11.5 Å². The van der Waals surface area contributed by atoms with Crippen molar-refractivity contribution in [2.75, 3.05) is 18.6 Å². The number of phenolic OH excluding ortho intramolecular Hbond substituents is 1. The number of nitrogens with zero attached hydrogens (tertiary/aromatic N) is 1. The Morgan fingerprint density at radius 2 is 2.22 bits per heavy atom.